The van der Waals surface area contributed by atoms with Crippen LogP contribution >= 0.6 is 11.3 Å². The third-order valence-corrected chi connectivity index (χ3v) is 5.50. The first-order valence-corrected chi connectivity index (χ1v) is 9.51. The molecule has 27 heavy (non-hydrogen) atoms. The molecule has 0 spiro atoms. The van der Waals surface area contributed by atoms with Gasteiger partial charge < -0.3 is 15.3 Å². The van der Waals surface area contributed by atoms with Gasteiger partial charge in [0.15, 0.2) is 0 Å². The number of rotatable bonds is 5. The standard InChI is InChI=1S/C19H18N4O3S/c24-16(9-10-23-17(25)7-8-18(23)26)21-12-5-6-14(20-11-12)19-22-13-3-1-2-4-15(13)27-19/h1-6,11,17,25H,7-10H2,(H,21,24). The van der Waals surface area contributed by atoms with E-state index >= 15 is 0 Å². The van der Waals surface area contributed by atoms with E-state index in [2.05, 4.69) is 15.3 Å². The molecule has 1 fully saturated rings. The van der Waals surface area contributed by atoms with Crippen molar-refractivity contribution in [1.29, 1.82) is 0 Å². The molecule has 1 aliphatic rings. The molecular formula is C19H18N4O3S. The van der Waals surface area contributed by atoms with Crippen LogP contribution in [0, 0.1) is 0 Å². The van der Waals surface area contributed by atoms with E-state index in [0.29, 0.717) is 18.5 Å². The molecule has 1 saturated heterocycles. The first-order chi connectivity index (χ1) is 13.1. The van der Waals surface area contributed by atoms with Gasteiger partial charge in [0.25, 0.3) is 0 Å². The normalized spacial score (nSPS) is 16.9. The van der Waals surface area contributed by atoms with Crippen LogP contribution < -0.4 is 5.32 Å². The molecule has 3 aromatic rings. The maximum absolute atomic E-state index is 12.1. The maximum Gasteiger partial charge on any atom is 0.226 e. The fourth-order valence-corrected chi connectivity index (χ4v) is 3.96. The minimum absolute atomic E-state index is 0.114. The highest BCUT2D eigenvalue weighted by molar-refractivity contribution is 7.21. The summed E-state index contributed by atoms with van der Waals surface area (Å²) in [6.45, 7) is 0.211. The van der Waals surface area contributed by atoms with E-state index in [1.807, 2.05) is 30.3 Å². The number of fused-ring (bicyclic) bond motifs is 1. The molecule has 2 aromatic heterocycles. The molecule has 8 heteroatoms. The number of carbonyl (C=O) groups is 2. The average molecular weight is 382 g/mol. The zero-order valence-corrected chi connectivity index (χ0v) is 15.3. The van der Waals surface area contributed by atoms with Crippen LogP contribution in [0.2, 0.25) is 0 Å². The first-order valence-electron chi connectivity index (χ1n) is 8.69. The SMILES string of the molecule is O=C(CCN1C(=O)CCC1O)Nc1ccc(-c2nc3ccccc3s2)nc1. The molecule has 0 radical (unpaired) electrons. The summed E-state index contributed by atoms with van der Waals surface area (Å²) in [5.74, 6) is -0.339. The van der Waals surface area contributed by atoms with Gasteiger partial charge in [-0.2, -0.15) is 0 Å². The number of nitrogens with zero attached hydrogens (tertiary/aromatic N) is 3. The fourth-order valence-electron chi connectivity index (χ4n) is 3.01. The lowest BCUT2D eigenvalue weighted by atomic mass is 10.3. The molecular weight excluding hydrogens is 364 g/mol. The van der Waals surface area contributed by atoms with E-state index in [9.17, 15) is 14.7 Å². The van der Waals surface area contributed by atoms with Crippen LogP contribution in [0.3, 0.4) is 0 Å². The Labute approximate surface area is 159 Å². The number of aromatic nitrogens is 2. The monoisotopic (exact) mass is 382 g/mol. The largest absolute Gasteiger partial charge is 0.374 e. The van der Waals surface area contributed by atoms with E-state index in [4.69, 9.17) is 0 Å². The molecule has 1 aliphatic heterocycles. The highest BCUT2D eigenvalue weighted by Gasteiger charge is 2.29. The Morgan fingerprint density at radius 1 is 1.30 bits per heavy atom. The lowest BCUT2D eigenvalue weighted by Crippen LogP contribution is -2.35. The lowest BCUT2D eigenvalue weighted by Gasteiger charge is -2.19. The van der Waals surface area contributed by atoms with Crippen molar-refractivity contribution in [2.45, 2.75) is 25.5 Å². The summed E-state index contributed by atoms with van der Waals surface area (Å²) in [6, 6.07) is 11.5. The van der Waals surface area contributed by atoms with Crippen molar-refractivity contribution in [3.8, 4) is 10.7 Å². The van der Waals surface area contributed by atoms with Gasteiger partial charge in [0.2, 0.25) is 11.8 Å². The topological polar surface area (TPSA) is 95.4 Å². The van der Waals surface area contributed by atoms with Gasteiger partial charge in [-0.1, -0.05) is 12.1 Å². The third kappa shape index (κ3) is 3.81. The van der Waals surface area contributed by atoms with E-state index in [-0.39, 0.29) is 24.8 Å². The minimum Gasteiger partial charge on any atom is -0.374 e. The minimum atomic E-state index is -0.778. The van der Waals surface area contributed by atoms with Gasteiger partial charge in [-0.3, -0.25) is 14.6 Å². The fraction of sp³-hybridized carbons (Fsp3) is 0.263. The second-order valence-corrected chi connectivity index (χ2v) is 7.35. The van der Waals surface area contributed by atoms with Gasteiger partial charge in [0.1, 0.15) is 11.2 Å². The van der Waals surface area contributed by atoms with Crippen molar-refractivity contribution in [3.05, 3.63) is 42.6 Å². The maximum atomic E-state index is 12.1. The van der Waals surface area contributed by atoms with Crippen LogP contribution in [0.5, 0.6) is 0 Å². The van der Waals surface area contributed by atoms with Crippen LogP contribution in [-0.4, -0.2) is 44.6 Å². The molecule has 3 heterocycles. The van der Waals surface area contributed by atoms with Gasteiger partial charge in [-0.15, -0.1) is 11.3 Å². The van der Waals surface area contributed by atoms with Crippen molar-refractivity contribution < 1.29 is 14.7 Å². The highest BCUT2D eigenvalue weighted by Crippen LogP contribution is 2.29. The predicted octanol–water partition coefficient (Wildman–Crippen LogP) is 2.63. The van der Waals surface area contributed by atoms with Crippen molar-refractivity contribution in [1.82, 2.24) is 14.9 Å². The van der Waals surface area contributed by atoms with E-state index in [0.717, 1.165) is 20.9 Å². The molecule has 1 aromatic carbocycles. The summed E-state index contributed by atoms with van der Waals surface area (Å²) in [6.07, 6.45) is 1.70. The summed E-state index contributed by atoms with van der Waals surface area (Å²) < 4.78 is 1.10. The number of likely N-dealkylation sites (tertiary alicyclic amines) is 1. The lowest BCUT2D eigenvalue weighted by molar-refractivity contribution is -0.133. The van der Waals surface area contributed by atoms with Gasteiger partial charge in [-0.05, 0) is 24.3 Å². The zero-order valence-electron chi connectivity index (χ0n) is 14.5. The second-order valence-electron chi connectivity index (χ2n) is 6.32. The summed E-state index contributed by atoms with van der Waals surface area (Å²) in [7, 11) is 0. The molecule has 7 nitrogen and oxygen atoms in total. The van der Waals surface area contributed by atoms with Crippen molar-refractivity contribution in [3.63, 3.8) is 0 Å². The third-order valence-electron chi connectivity index (χ3n) is 4.44. The number of pyridine rings is 1. The first kappa shape index (κ1) is 17.6. The van der Waals surface area contributed by atoms with Crippen molar-refractivity contribution in [2.24, 2.45) is 0 Å². The number of carbonyl (C=O) groups excluding carboxylic acids is 2. The Morgan fingerprint density at radius 2 is 2.15 bits per heavy atom. The number of benzene rings is 1. The Morgan fingerprint density at radius 3 is 2.85 bits per heavy atom. The summed E-state index contributed by atoms with van der Waals surface area (Å²) in [4.78, 5) is 34.0. The van der Waals surface area contributed by atoms with Gasteiger partial charge in [0.05, 0.1) is 27.8 Å². The van der Waals surface area contributed by atoms with E-state index in [1.54, 1.807) is 23.6 Å². The molecule has 1 atom stereocenters. The predicted molar refractivity (Wildman–Crippen MR) is 103 cm³/mol. The van der Waals surface area contributed by atoms with Crippen molar-refractivity contribution in [2.75, 3.05) is 11.9 Å². The number of amides is 2. The number of anilines is 1. The summed E-state index contributed by atoms with van der Waals surface area (Å²) in [5, 5.41) is 13.3. The van der Waals surface area contributed by atoms with Crippen LogP contribution in [0.1, 0.15) is 19.3 Å². The van der Waals surface area contributed by atoms with Crippen LogP contribution in [0.4, 0.5) is 5.69 Å². The van der Waals surface area contributed by atoms with Crippen LogP contribution in [0.15, 0.2) is 42.6 Å². The zero-order chi connectivity index (χ0) is 18.8. The molecule has 0 bridgehead atoms. The number of nitrogens with one attached hydrogen (secondary N) is 1. The number of aliphatic hydroxyl groups is 1. The van der Waals surface area contributed by atoms with Crippen LogP contribution in [0.25, 0.3) is 20.9 Å². The Hall–Kier alpha value is -2.84. The smallest absolute Gasteiger partial charge is 0.226 e. The number of hydrogen-bond donors (Lipinski definition) is 2. The number of aliphatic hydroxyl groups excluding tert-OH is 1. The second kappa shape index (κ2) is 7.42. The summed E-state index contributed by atoms with van der Waals surface area (Å²) in [5.41, 5.74) is 2.27. The molecule has 2 amide bonds. The average Bonchev–Trinajstić information content (AvgIpc) is 3.24. The van der Waals surface area contributed by atoms with E-state index < -0.39 is 6.23 Å². The number of hydrogen-bond acceptors (Lipinski definition) is 6. The molecule has 0 aliphatic carbocycles. The van der Waals surface area contributed by atoms with E-state index in [1.165, 1.54) is 4.90 Å². The summed E-state index contributed by atoms with van der Waals surface area (Å²) >= 11 is 1.57. The van der Waals surface area contributed by atoms with Gasteiger partial charge in [0, 0.05) is 25.8 Å². The molecule has 0 saturated carbocycles. The Bertz CT molecular complexity index is 953. The quantitative estimate of drug-likeness (QED) is 0.707. The Balaban J connectivity index is 1.37. The molecule has 1 unspecified atom stereocenters. The molecule has 138 valence electrons. The number of thiazole rings is 1. The highest BCUT2D eigenvalue weighted by atomic mass is 32.1. The van der Waals surface area contributed by atoms with Crippen LogP contribution in [-0.2, 0) is 9.59 Å². The molecule has 4 rings (SSSR count). The van der Waals surface area contributed by atoms with Crippen molar-refractivity contribution >= 4 is 39.1 Å². The number of para-hydroxylation sites is 1. The molecule has 2 N–H and O–H groups in total. The van der Waals surface area contributed by atoms with Gasteiger partial charge in [-0.25, -0.2) is 4.98 Å². The Kier molecular flexibility index (Phi) is 4.83. The van der Waals surface area contributed by atoms with Gasteiger partial charge >= 0.3 is 0 Å².